The van der Waals surface area contributed by atoms with Gasteiger partial charge in [0.05, 0.1) is 18.2 Å². The Morgan fingerprint density at radius 3 is 1.85 bits per heavy atom. The summed E-state index contributed by atoms with van der Waals surface area (Å²) in [5.74, 6) is -2.92. The number of hydrogen-bond acceptors (Lipinski definition) is 8. The van der Waals surface area contributed by atoms with Crippen molar-refractivity contribution in [3.8, 4) is 11.5 Å². The lowest BCUT2D eigenvalue weighted by atomic mass is 10.1. The van der Waals surface area contributed by atoms with E-state index in [1.807, 2.05) is 0 Å². The Hall–Kier alpha value is -6.24. The van der Waals surface area contributed by atoms with E-state index < -0.39 is 36.1 Å². The zero-order chi connectivity index (χ0) is 34.1. The lowest BCUT2D eigenvalue weighted by Gasteiger charge is -2.18. The molecule has 0 aliphatic carbocycles. The highest BCUT2D eigenvalue weighted by Gasteiger charge is 2.24. The summed E-state index contributed by atoms with van der Waals surface area (Å²) < 4.78 is 5.70. The topological polar surface area (TPSA) is 202 Å². The molecule has 0 saturated heterocycles. The quantitative estimate of drug-likeness (QED) is 0.134. The van der Waals surface area contributed by atoms with Gasteiger partial charge in [0.15, 0.2) is 11.5 Å². The number of pyridine rings is 1. The summed E-state index contributed by atoms with van der Waals surface area (Å²) in [5.41, 5.74) is 7.79. The number of ether oxygens (including phenoxy) is 1. The van der Waals surface area contributed by atoms with Crippen LogP contribution in [0.5, 0.6) is 11.5 Å². The van der Waals surface area contributed by atoms with Gasteiger partial charge in [-0.25, -0.2) is 0 Å². The molecule has 0 aliphatic heterocycles. The molecule has 4 rings (SSSR count). The first-order chi connectivity index (χ1) is 22.4. The normalized spacial score (nSPS) is 11.2. The highest BCUT2D eigenvalue weighted by atomic mass is 16.5. The lowest BCUT2D eigenvalue weighted by Crippen LogP contribution is -2.46. The number of benzene rings is 3. The summed E-state index contributed by atoms with van der Waals surface area (Å²) in [5, 5.41) is 21.0. The maximum absolute atomic E-state index is 13.1. The fourth-order valence-electron chi connectivity index (χ4n) is 4.32. The number of rotatable bonds is 12. The Morgan fingerprint density at radius 1 is 0.745 bits per heavy atom. The molecule has 0 saturated carbocycles. The first-order valence-electron chi connectivity index (χ1n) is 14.5. The van der Waals surface area contributed by atoms with Crippen LogP contribution in [0.3, 0.4) is 0 Å². The first-order valence-corrected chi connectivity index (χ1v) is 14.5. The number of nitrogens with two attached hydrogens (primary N) is 1. The molecule has 0 spiro atoms. The molecule has 5 amide bonds. The van der Waals surface area contributed by atoms with E-state index in [-0.39, 0.29) is 34.6 Å². The SMILES string of the molecule is Cc1ccc(NC(=O)c2ccc(NC(=O)C(CC(N)=O)NC(=O)c3ccc(NC(=O)c4ccncc4)cc3)cc2)c(OC(C)C)c1O. The summed E-state index contributed by atoms with van der Waals surface area (Å²) in [6.45, 7) is 5.31. The molecule has 4 aromatic rings. The smallest absolute Gasteiger partial charge is 0.255 e. The summed E-state index contributed by atoms with van der Waals surface area (Å²) in [6, 6.07) is 17.0. The Kier molecular flexibility index (Phi) is 10.9. The zero-order valence-electron chi connectivity index (χ0n) is 25.9. The summed E-state index contributed by atoms with van der Waals surface area (Å²) in [6.07, 6.45) is 2.27. The van der Waals surface area contributed by atoms with Gasteiger partial charge in [-0.05, 0) is 93.1 Å². The molecule has 3 aromatic carbocycles. The molecule has 47 heavy (non-hydrogen) atoms. The van der Waals surface area contributed by atoms with Crippen molar-refractivity contribution < 1.29 is 33.8 Å². The number of anilines is 3. The number of hydrogen-bond donors (Lipinski definition) is 6. The molecule has 0 aliphatic rings. The van der Waals surface area contributed by atoms with Gasteiger partial charge >= 0.3 is 0 Å². The molecule has 0 radical (unpaired) electrons. The molecule has 242 valence electrons. The third-order valence-electron chi connectivity index (χ3n) is 6.72. The number of phenols is 1. The van der Waals surface area contributed by atoms with Gasteiger partial charge in [0.25, 0.3) is 17.7 Å². The van der Waals surface area contributed by atoms with Gasteiger partial charge in [0, 0.05) is 40.5 Å². The predicted octanol–water partition coefficient (Wildman–Crippen LogP) is 4.00. The average Bonchev–Trinajstić information content (AvgIpc) is 3.04. The second kappa shape index (κ2) is 15.2. The predicted molar refractivity (Wildman–Crippen MR) is 175 cm³/mol. The van der Waals surface area contributed by atoms with Crippen LogP contribution in [0.4, 0.5) is 17.1 Å². The monoisotopic (exact) mass is 638 g/mol. The minimum absolute atomic E-state index is 0.0744. The zero-order valence-corrected chi connectivity index (χ0v) is 25.9. The van der Waals surface area contributed by atoms with Crippen molar-refractivity contribution in [2.45, 2.75) is 39.3 Å². The third kappa shape index (κ3) is 9.14. The summed E-state index contributed by atoms with van der Waals surface area (Å²) in [4.78, 5) is 66.9. The maximum atomic E-state index is 13.1. The Bertz CT molecular complexity index is 1780. The van der Waals surface area contributed by atoms with Gasteiger partial charge in [-0.3, -0.25) is 29.0 Å². The number of aryl methyl sites for hydroxylation is 1. The summed E-state index contributed by atoms with van der Waals surface area (Å²) in [7, 11) is 0. The van der Waals surface area contributed by atoms with Crippen molar-refractivity contribution >= 4 is 46.6 Å². The van der Waals surface area contributed by atoms with E-state index >= 15 is 0 Å². The van der Waals surface area contributed by atoms with Crippen molar-refractivity contribution in [1.82, 2.24) is 10.3 Å². The van der Waals surface area contributed by atoms with Gasteiger partial charge in [0.2, 0.25) is 11.8 Å². The van der Waals surface area contributed by atoms with Crippen LogP contribution in [0.15, 0.2) is 85.2 Å². The standard InChI is InChI=1S/C34H34N6O7/c1-19(2)47-30-26(13-4-20(3)29(30)42)39-32(44)21-7-11-25(12-8-21)38-34(46)27(18-28(35)41)40-33(45)22-5-9-24(10-6-22)37-31(43)23-14-16-36-17-15-23/h4-17,19,27,42H,18H2,1-3H3,(H2,35,41)(H,37,43)(H,38,46)(H,39,44)(H,40,45). The van der Waals surface area contributed by atoms with Crippen molar-refractivity contribution in [3.05, 3.63) is 107 Å². The number of phenolic OH excluding ortho intramolecular Hbond substituents is 1. The van der Waals surface area contributed by atoms with E-state index in [0.29, 0.717) is 28.2 Å². The molecule has 0 bridgehead atoms. The molecule has 13 heteroatoms. The van der Waals surface area contributed by atoms with Gasteiger partial charge in [-0.15, -0.1) is 0 Å². The second-order valence-electron chi connectivity index (χ2n) is 10.8. The number of nitrogens with one attached hydrogen (secondary N) is 4. The van der Waals surface area contributed by atoms with E-state index in [4.69, 9.17) is 10.5 Å². The van der Waals surface area contributed by atoms with Crippen molar-refractivity contribution in [2.75, 3.05) is 16.0 Å². The minimum atomic E-state index is -1.30. The van der Waals surface area contributed by atoms with Crippen molar-refractivity contribution in [2.24, 2.45) is 5.73 Å². The van der Waals surface area contributed by atoms with Gasteiger partial charge in [-0.2, -0.15) is 0 Å². The van der Waals surface area contributed by atoms with Crippen LogP contribution in [-0.4, -0.2) is 51.8 Å². The molecule has 7 N–H and O–H groups in total. The average molecular weight is 639 g/mol. The van der Waals surface area contributed by atoms with Gasteiger partial charge in [-0.1, -0.05) is 6.07 Å². The van der Waals surface area contributed by atoms with Crippen LogP contribution in [0.25, 0.3) is 0 Å². The molecule has 1 heterocycles. The van der Waals surface area contributed by atoms with Gasteiger partial charge < -0.3 is 36.8 Å². The number of primary amides is 1. The number of carbonyl (C=O) groups excluding carboxylic acids is 5. The highest BCUT2D eigenvalue weighted by molar-refractivity contribution is 6.07. The molecular formula is C34H34N6O7. The van der Waals surface area contributed by atoms with E-state index in [2.05, 4.69) is 26.3 Å². The van der Waals surface area contributed by atoms with E-state index in [0.717, 1.165) is 0 Å². The minimum Gasteiger partial charge on any atom is -0.504 e. The van der Waals surface area contributed by atoms with E-state index in [9.17, 15) is 29.1 Å². The molecule has 1 aromatic heterocycles. The molecular weight excluding hydrogens is 604 g/mol. The van der Waals surface area contributed by atoms with Crippen LogP contribution < -0.4 is 31.7 Å². The van der Waals surface area contributed by atoms with Crippen molar-refractivity contribution in [1.29, 1.82) is 0 Å². The van der Waals surface area contributed by atoms with E-state index in [1.54, 1.807) is 45.0 Å². The van der Waals surface area contributed by atoms with E-state index in [1.165, 1.54) is 60.9 Å². The molecule has 0 fully saturated rings. The Morgan fingerprint density at radius 2 is 1.28 bits per heavy atom. The first kappa shape index (κ1) is 33.6. The maximum Gasteiger partial charge on any atom is 0.255 e. The van der Waals surface area contributed by atoms with Crippen LogP contribution >= 0.6 is 0 Å². The number of carbonyl (C=O) groups is 5. The van der Waals surface area contributed by atoms with Gasteiger partial charge in [0.1, 0.15) is 6.04 Å². The summed E-state index contributed by atoms with van der Waals surface area (Å²) >= 11 is 0. The lowest BCUT2D eigenvalue weighted by molar-refractivity contribution is -0.123. The number of aromatic hydroxyl groups is 1. The van der Waals surface area contributed by atoms with Crippen molar-refractivity contribution in [3.63, 3.8) is 0 Å². The number of nitrogens with zero attached hydrogens (tertiary/aromatic N) is 1. The molecule has 13 nitrogen and oxygen atoms in total. The molecule has 1 unspecified atom stereocenters. The highest BCUT2D eigenvalue weighted by Crippen LogP contribution is 2.38. The third-order valence-corrected chi connectivity index (χ3v) is 6.72. The fraction of sp³-hybridized carbons (Fsp3) is 0.176. The van der Waals surface area contributed by atoms with Crippen LogP contribution in [0.2, 0.25) is 0 Å². The largest absolute Gasteiger partial charge is 0.504 e. The number of amides is 5. The second-order valence-corrected chi connectivity index (χ2v) is 10.8. The van der Waals surface area contributed by atoms with Crippen LogP contribution in [0.1, 0.15) is 56.9 Å². The Balaban J connectivity index is 1.38. The number of aromatic nitrogens is 1. The Labute approximate surface area is 270 Å². The van der Waals surface area contributed by atoms with Crippen LogP contribution in [0, 0.1) is 6.92 Å². The fourth-order valence-corrected chi connectivity index (χ4v) is 4.32. The van der Waals surface area contributed by atoms with Crippen LogP contribution in [-0.2, 0) is 9.59 Å². The molecule has 1 atom stereocenters.